The maximum atomic E-state index is 14.4. The second-order valence-corrected chi connectivity index (χ2v) is 14.6. The van der Waals surface area contributed by atoms with E-state index in [1.807, 2.05) is 52.9 Å². The minimum absolute atomic E-state index is 0.191. The van der Waals surface area contributed by atoms with Gasteiger partial charge in [-0.15, -0.1) is 0 Å². The van der Waals surface area contributed by atoms with Crippen LogP contribution in [-0.2, 0) is 23.4 Å². The molecule has 1 unspecified atom stereocenters. The summed E-state index contributed by atoms with van der Waals surface area (Å²) in [4.78, 5) is 26.2. The van der Waals surface area contributed by atoms with E-state index >= 15 is 0 Å². The van der Waals surface area contributed by atoms with E-state index in [-0.39, 0.29) is 17.7 Å². The number of benzene rings is 2. The second kappa shape index (κ2) is 13.5. The van der Waals surface area contributed by atoms with Gasteiger partial charge in [-0.3, -0.25) is 13.9 Å². The summed E-state index contributed by atoms with van der Waals surface area (Å²) in [6.07, 6.45) is -0.526. The van der Waals surface area contributed by atoms with Crippen molar-refractivity contribution in [3.05, 3.63) is 52.1 Å². The fourth-order valence-electron chi connectivity index (χ4n) is 5.96. The van der Waals surface area contributed by atoms with Crippen molar-refractivity contribution in [3.63, 3.8) is 0 Å². The molecule has 16 heteroatoms. The van der Waals surface area contributed by atoms with Gasteiger partial charge in [0.25, 0.3) is 0 Å². The Labute approximate surface area is 284 Å². The van der Waals surface area contributed by atoms with E-state index in [4.69, 9.17) is 23.3 Å². The van der Waals surface area contributed by atoms with Gasteiger partial charge in [-0.1, -0.05) is 36.4 Å². The molecule has 3 N–H and O–H groups in total. The topological polar surface area (TPSA) is 176 Å². The average Bonchev–Trinajstić information content (AvgIpc) is 3.72. The first kappa shape index (κ1) is 34.0. The zero-order valence-corrected chi connectivity index (χ0v) is 29.4. The molecule has 2 aliphatic rings. The van der Waals surface area contributed by atoms with E-state index in [1.54, 1.807) is 23.6 Å². The summed E-state index contributed by atoms with van der Waals surface area (Å²) in [5.74, 6) is 0.330. The van der Waals surface area contributed by atoms with Crippen molar-refractivity contribution in [2.45, 2.75) is 82.6 Å². The van der Waals surface area contributed by atoms with Crippen LogP contribution in [0.5, 0.6) is 11.6 Å². The van der Waals surface area contributed by atoms with Gasteiger partial charge in [0.15, 0.2) is 21.2 Å². The quantitative estimate of drug-likeness (QED) is 0.0836. The first-order valence-corrected chi connectivity index (χ1v) is 17.9. The van der Waals surface area contributed by atoms with Gasteiger partial charge < -0.3 is 28.9 Å². The number of imidazole rings is 1. The molecular weight excluding hydrogens is 744 g/mol. The van der Waals surface area contributed by atoms with Crippen molar-refractivity contribution in [2.24, 2.45) is 0 Å². The Hall–Kier alpha value is -2.92. The molecule has 47 heavy (non-hydrogen) atoms. The predicted molar refractivity (Wildman–Crippen MR) is 179 cm³/mol. The van der Waals surface area contributed by atoms with Gasteiger partial charge in [0.05, 0.1) is 13.7 Å². The number of carbonyl (C=O) groups is 1. The molecule has 0 spiro atoms. The van der Waals surface area contributed by atoms with Crippen LogP contribution in [-0.4, -0.2) is 79.4 Å². The van der Waals surface area contributed by atoms with Crippen molar-refractivity contribution in [2.75, 3.05) is 13.7 Å². The van der Waals surface area contributed by atoms with Gasteiger partial charge >= 0.3 is 13.7 Å². The van der Waals surface area contributed by atoms with E-state index in [9.17, 15) is 19.6 Å². The fourth-order valence-corrected chi connectivity index (χ4v) is 8.20. The summed E-state index contributed by atoms with van der Waals surface area (Å²) in [5, 5.41) is 27.1. The zero-order valence-electron chi connectivity index (χ0n) is 26.3. The van der Waals surface area contributed by atoms with Crippen LogP contribution >= 0.6 is 30.3 Å². The monoisotopic (exact) mass is 781 g/mol. The fraction of sp³-hybridized carbons (Fsp3) is 0.484. The number of ether oxygens (including phenoxy) is 3. The van der Waals surface area contributed by atoms with Crippen LogP contribution in [0.4, 0.5) is 0 Å². The molecule has 2 fully saturated rings. The number of esters is 1. The van der Waals surface area contributed by atoms with E-state index in [0.29, 0.717) is 26.2 Å². The molecular formula is C31H37IN5O9P. The van der Waals surface area contributed by atoms with Crippen molar-refractivity contribution in [3.8, 4) is 11.6 Å². The van der Waals surface area contributed by atoms with Crippen LogP contribution in [0.15, 0.2) is 42.5 Å². The molecule has 0 radical (unpaired) electrons. The van der Waals surface area contributed by atoms with Crippen LogP contribution in [0.1, 0.15) is 51.6 Å². The molecule has 4 aromatic rings. The summed E-state index contributed by atoms with van der Waals surface area (Å²) in [6, 6.07) is 11.6. The lowest BCUT2D eigenvalue weighted by Crippen LogP contribution is -2.45. The number of aryl methyl sites for hydroxylation is 1. The molecule has 6 rings (SSSR count). The number of aromatic nitrogens is 4. The smallest absolute Gasteiger partial charge is 0.459 e. The van der Waals surface area contributed by atoms with Crippen LogP contribution in [0.3, 0.4) is 0 Å². The molecule has 0 amide bonds. The Kier molecular flexibility index (Phi) is 9.78. The maximum absolute atomic E-state index is 14.4. The maximum Gasteiger partial charge on any atom is 0.459 e. The third-order valence-electron chi connectivity index (χ3n) is 8.43. The van der Waals surface area contributed by atoms with Crippen molar-refractivity contribution >= 4 is 58.2 Å². The first-order valence-electron chi connectivity index (χ1n) is 15.3. The van der Waals surface area contributed by atoms with Crippen molar-refractivity contribution in [1.29, 1.82) is 0 Å². The Morgan fingerprint density at radius 3 is 2.66 bits per heavy atom. The number of carbonyl (C=O) groups excluding carboxylic acids is 1. The lowest BCUT2D eigenvalue weighted by Gasteiger charge is -2.28. The SMILES string of the molecule is COc1nc(C)nc2c1nc(I)n2[C@@H]1O[C@H](COP(=O)(N[C@@H](C)C(=O)OC2CCCC2)Oc2cccc3ccccc23)[C@@H](O)[C@@]1(C)O. The number of methoxy groups -OCH3 is 1. The molecule has 6 atom stereocenters. The third-order valence-corrected chi connectivity index (χ3v) is 10.8. The van der Waals surface area contributed by atoms with Gasteiger partial charge in [0.1, 0.15) is 41.5 Å². The zero-order chi connectivity index (χ0) is 33.5. The molecule has 2 aromatic heterocycles. The van der Waals surface area contributed by atoms with Gasteiger partial charge in [0, 0.05) is 28.0 Å². The first-order chi connectivity index (χ1) is 22.4. The molecule has 1 aliphatic heterocycles. The molecule has 1 aliphatic carbocycles. The van der Waals surface area contributed by atoms with E-state index in [1.165, 1.54) is 21.0 Å². The number of halogens is 1. The van der Waals surface area contributed by atoms with Crippen molar-refractivity contribution in [1.82, 2.24) is 24.6 Å². The molecule has 1 saturated carbocycles. The van der Waals surface area contributed by atoms with E-state index in [0.717, 1.165) is 31.1 Å². The van der Waals surface area contributed by atoms with Crippen LogP contribution in [0.2, 0.25) is 0 Å². The Balaban J connectivity index is 1.27. The lowest BCUT2D eigenvalue weighted by molar-refractivity contribution is -0.150. The molecule has 0 bridgehead atoms. The highest BCUT2D eigenvalue weighted by molar-refractivity contribution is 14.1. The molecule has 1 saturated heterocycles. The normalized spacial score (nSPS) is 25.2. The Bertz CT molecular complexity index is 1830. The highest BCUT2D eigenvalue weighted by Gasteiger charge is 2.55. The van der Waals surface area contributed by atoms with Gasteiger partial charge in [-0.25, -0.2) is 14.5 Å². The van der Waals surface area contributed by atoms with Gasteiger partial charge in [-0.05, 0) is 57.9 Å². The minimum atomic E-state index is -4.35. The van der Waals surface area contributed by atoms with Gasteiger partial charge in [-0.2, -0.15) is 10.1 Å². The molecule has 14 nitrogen and oxygen atoms in total. The summed E-state index contributed by atoms with van der Waals surface area (Å²) in [6.45, 7) is 4.15. The number of nitrogens with one attached hydrogen (secondary N) is 1. The summed E-state index contributed by atoms with van der Waals surface area (Å²) in [7, 11) is -2.88. The highest BCUT2D eigenvalue weighted by Crippen LogP contribution is 2.49. The molecule has 252 valence electrons. The van der Waals surface area contributed by atoms with Crippen LogP contribution in [0.25, 0.3) is 21.9 Å². The van der Waals surface area contributed by atoms with Crippen LogP contribution in [0, 0.1) is 10.8 Å². The number of rotatable bonds is 11. The average molecular weight is 782 g/mol. The van der Waals surface area contributed by atoms with Gasteiger partial charge in [0.2, 0.25) is 5.88 Å². The lowest BCUT2D eigenvalue weighted by atomic mass is 9.96. The number of aliphatic hydroxyl groups excluding tert-OH is 1. The second-order valence-electron chi connectivity index (χ2n) is 12.0. The molecule has 3 heterocycles. The summed E-state index contributed by atoms with van der Waals surface area (Å²) in [5.41, 5.74) is -1.18. The molecule has 2 aromatic carbocycles. The Morgan fingerprint density at radius 2 is 1.91 bits per heavy atom. The minimum Gasteiger partial charge on any atom is -0.479 e. The third kappa shape index (κ3) is 6.84. The number of fused-ring (bicyclic) bond motifs is 2. The number of hydrogen-bond donors (Lipinski definition) is 3. The number of hydrogen-bond acceptors (Lipinski definition) is 12. The summed E-state index contributed by atoms with van der Waals surface area (Å²) < 4.78 is 45.5. The number of nitrogens with zero attached hydrogens (tertiary/aromatic N) is 4. The standard InChI is InChI=1S/C31H37IN5O9P/c1-17(28(39)44-20-12-6-7-13-20)36-47(41,46-22-15-9-11-19-10-5-8-14-21(19)22)43-16-23-25(38)31(3,40)29(45-23)37-26-24(35-30(37)32)27(42-4)34-18(2)33-26/h5,8-11,14-15,17,20,23,25,29,38,40H,6-7,12-13,16H2,1-4H3,(H,36,41)/t17-,23+,25+,29+,31+,47?/m0/s1. The number of aliphatic hydroxyl groups is 2. The van der Waals surface area contributed by atoms with Crippen LogP contribution < -0.4 is 14.3 Å². The Morgan fingerprint density at radius 1 is 1.19 bits per heavy atom. The van der Waals surface area contributed by atoms with E-state index < -0.39 is 50.4 Å². The largest absolute Gasteiger partial charge is 0.479 e. The summed E-state index contributed by atoms with van der Waals surface area (Å²) >= 11 is 1.97. The van der Waals surface area contributed by atoms with E-state index in [2.05, 4.69) is 20.0 Å². The van der Waals surface area contributed by atoms with Crippen molar-refractivity contribution < 1.29 is 42.8 Å². The highest BCUT2D eigenvalue weighted by atomic mass is 127. The predicted octanol–water partition coefficient (Wildman–Crippen LogP) is 4.58.